The molecule has 1 unspecified atom stereocenters. The molecule has 0 aromatic heterocycles. The van der Waals surface area contributed by atoms with Crippen LogP contribution >= 0.6 is 11.3 Å². The second-order valence-corrected chi connectivity index (χ2v) is 3.37. The van der Waals surface area contributed by atoms with Gasteiger partial charge in [-0.05, 0) is 12.1 Å². The Kier molecular flexibility index (Phi) is 1.22. The van der Waals surface area contributed by atoms with Crippen LogP contribution in [0.15, 0.2) is 38.8 Å². The normalized spacial score (nSPS) is 24.7. The molecule has 3 nitrogen and oxygen atoms in total. The Balaban J connectivity index is 2.59. The molecule has 0 radical (unpaired) electrons. The number of fused-ring (bicyclic) bond motifs is 1. The summed E-state index contributed by atoms with van der Waals surface area (Å²) in [6.45, 7) is 0. The van der Waals surface area contributed by atoms with Crippen molar-refractivity contribution in [2.45, 2.75) is 4.90 Å². The zero-order valence-electron chi connectivity index (χ0n) is 5.23. The van der Waals surface area contributed by atoms with Gasteiger partial charge in [-0.2, -0.15) is 0 Å². The van der Waals surface area contributed by atoms with Gasteiger partial charge in [0, 0.05) is 4.90 Å². The molecule has 1 aromatic carbocycles. The Hall–Kier alpha value is -0.870. The van der Waals surface area contributed by atoms with Gasteiger partial charge in [0.25, 0.3) is 0 Å². The highest BCUT2D eigenvalue weighted by Crippen LogP contribution is 2.44. The summed E-state index contributed by atoms with van der Waals surface area (Å²) in [7, 11) is 0. The van der Waals surface area contributed by atoms with Crippen molar-refractivity contribution >= 4 is 17.0 Å². The number of hydrogen-bond donors (Lipinski definition) is 2. The quantitative estimate of drug-likeness (QED) is 0.550. The molecule has 1 heterocycles. The summed E-state index contributed by atoms with van der Waals surface area (Å²) in [5, 5.41) is 9.56. The maximum Gasteiger partial charge on any atom is 0.101 e. The van der Waals surface area contributed by atoms with Gasteiger partial charge in [-0.1, -0.05) is 23.4 Å². The molecule has 4 heteroatoms. The zero-order valence-corrected chi connectivity index (χ0v) is 6.12. The van der Waals surface area contributed by atoms with Gasteiger partial charge >= 0.3 is 0 Å². The average molecular weight is 153 g/mol. The molecule has 0 spiro atoms. The number of rotatable bonds is 0. The maximum absolute atomic E-state index is 5.65. The van der Waals surface area contributed by atoms with Crippen molar-refractivity contribution in [3.8, 4) is 0 Å². The SMILES string of the molecule is N[SH]1N=Nc2ccccc21. The highest BCUT2D eigenvalue weighted by Gasteiger charge is 2.10. The molecule has 2 rings (SSSR count). The Morgan fingerprint density at radius 2 is 2.10 bits per heavy atom. The van der Waals surface area contributed by atoms with Gasteiger partial charge in [-0.3, -0.25) is 5.14 Å². The molecular weight excluding hydrogens is 146 g/mol. The summed E-state index contributed by atoms with van der Waals surface area (Å²) in [5.41, 5.74) is 0.927. The van der Waals surface area contributed by atoms with Crippen LogP contribution in [-0.4, -0.2) is 0 Å². The van der Waals surface area contributed by atoms with Crippen molar-refractivity contribution in [3.05, 3.63) is 24.3 Å². The van der Waals surface area contributed by atoms with Crippen LogP contribution < -0.4 is 5.14 Å². The fourth-order valence-corrected chi connectivity index (χ4v) is 1.77. The van der Waals surface area contributed by atoms with E-state index in [0.717, 1.165) is 10.6 Å². The lowest BCUT2D eigenvalue weighted by Gasteiger charge is -2.01. The van der Waals surface area contributed by atoms with Crippen LogP contribution in [0.2, 0.25) is 0 Å². The lowest BCUT2D eigenvalue weighted by molar-refractivity contribution is 1.33. The molecule has 0 bridgehead atoms. The van der Waals surface area contributed by atoms with Gasteiger partial charge in [0.15, 0.2) is 0 Å². The lowest BCUT2D eigenvalue weighted by atomic mass is 10.3. The largest absolute Gasteiger partial charge is 0.275 e. The molecule has 0 fully saturated rings. The third kappa shape index (κ3) is 0.732. The van der Waals surface area contributed by atoms with Gasteiger partial charge < -0.3 is 0 Å². The monoisotopic (exact) mass is 153 g/mol. The predicted molar refractivity (Wildman–Crippen MR) is 42.4 cm³/mol. The predicted octanol–water partition coefficient (Wildman–Crippen LogP) is 1.93. The van der Waals surface area contributed by atoms with Gasteiger partial charge in [0.1, 0.15) is 5.69 Å². The summed E-state index contributed by atoms with van der Waals surface area (Å²) in [4.78, 5) is 1.08. The van der Waals surface area contributed by atoms with E-state index in [1.54, 1.807) is 0 Å². The first-order chi connectivity index (χ1) is 4.88. The fraction of sp³-hybridized carbons (Fsp3) is 0. The minimum absolute atomic E-state index is 0.823. The molecule has 10 heavy (non-hydrogen) atoms. The first kappa shape index (κ1) is 5.88. The van der Waals surface area contributed by atoms with Crippen molar-refractivity contribution in [2.75, 3.05) is 0 Å². The zero-order chi connectivity index (χ0) is 6.97. The van der Waals surface area contributed by atoms with Crippen LogP contribution in [-0.2, 0) is 0 Å². The molecule has 0 amide bonds. The molecule has 0 saturated heterocycles. The maximum atomic E-state index is 5.65. The molecule has 1 aromatic rings. The van der Waals surface area contributed by atoms with Crippen molar-refractivity contribution < 1.29 is 0 Å². The topological polar surface area (TPSA) is 50.7 Å². The molecule has 1 aliphatic heterocycles. The second-order valence-electron chi connectivity index (χ2n) is 2.02. The Labute approximate surface area is 61.6 Å². The van der Waals surface area contributed by atoms with E-state index in [4.69, 9.17) is 5.14 Å². The van der Waals surface area contributed by atoms with Gasteiger partial charge in [-0.15, -0.1) is 9.63 Å². The van der Waals surface area contributed by atoms with E-state index in [9.17, 15) is 0 Å². The highest BCUT2D eigenvalue weighted by molar-refractivity contribution is 8.14. The molecule has 52 valence electrons. The molecule has 2 N–H and O–H groups in total. The standard InChI is InChI=1S/C6H7N3S/c7-10-6-4-2-1-3-5(6)8-9-10/h1-4,10H,7H2. The Morgan fingerprint density at radius 1 is 1.30 bits per heavy atom. The van der Waals surface area contributed by atoms with Gasteiger partial charge in [0.05, 0.1) is 0 Å². The van der Waals surface area contributed by atoms with Crippen LogP contribution in [0, 0.1) is 0 Å². The summed E-state index contributed by atoms with van der Waals surface area (Å²) in [6.07, 6.45) is 0. The number of nitrogens with two attached hydrogens (primary N) is 1. The minimum atomic E-state index is -0.823. The van der Waals surface area contributed by atoms with Crippen molar-refractivity contribution in [1.29, 1.82) is 0 Å². The smallest absolute Gasteiger partial charge is 0.101 e. The summed E-state index contributed by atoms with van der Waals surface area (Å²) in [6, 6.07) is 7.79. The third-order valence-corrected chi connectivity index (χ3v) is 2.53. The van der Waals surface area contributed by atoms with E-state index >= 15 is 0 Å². The second kappa shape index (κ2) is 2.07. The van der Waals surface area contributed by atoms with E-state index in [2.05, 4.69) is 9.63 Å². The molecule has 0 saturated carbocycles. The molecule has 0 aliphatic carbocycles. The number of nitrogens with zero attached hydrogens (tertiary/aromatic N) is 2. The first-order valence-corrected chi connectivity index (χ1v) is 4.30. The van der Waals surface area contributed by atoms with Crippen LogP contribution in [0.1, 0.15) is 0 Å². The molecular formula is C6H7N3S. The molecule has 1 atom stereocenters. The fourth-order valence-electron chi connectivity index (χ4n) is 0.887. The summed E-state index contributed by atoms with van der Waals surface area (Å²) >= 11 is -0.823. The summed E-state index contributed by atoms with van der Waals surface area (Å²) < 4.78 is 3.87. The average Bonchev–Trinajstić information content (AvgIpc) is 2.34. The van der Waals surface area contributed by atoms with Crippen LogP contribution in [0.5, 0.6) is 0 Å². The van der Waals surface area contributed by atoms with Crippen molar-refractivity contribution in [2.24, 2.45) is 14.8 Å². The van der Waals surface area contributed by atoms with E-state index in [1.807, 2.05) is 24.3 Å². The number of benzene rings is 1. The molecule has 1 aliphatic rings. The number of hydrogen-bond acceptors (Lipinski definition) is 3. The van der Waals surface area contributed by atoms with Crippen LogP contribution in [0.4, 0.5) is 5.69 Å². The van der Waals surface area contributed by atoms with E-state index in [1.165, 1.54) is 0 Å². The highest BCUT2D eigenvalue weighted by atomic mass is 32.2. The Bertz CT molecular complexity index is 284. The van der Waals surface area contributed by atoms with Crippen molar-refractivity contribution in [3.63, 3.8) is 0 Å². The lowest BCUT2D eigenvalue weighted by Crippen LogP contribution is -1.85. The van der Waals surface area contributed by atoms with Gasteiger partial charge in [-0.25, -0.2) is 0 Å². The van der Waals surface area contributed by atoms with E-state index < -0.39 is 11.3 Å². The van der Waals surface area contributed by atoms with Crippen molar-refractivity contribution in [1.82, 2.24) is 0 Å². The van der Waals surface area contributed by atoms with Crippen LogP contribution in [0.3, 0.4) is 0 Å². The van der Waals surface area contributed by atoms with Crippen LogP contribution in [0.25, 0.3) is 0 Å². The van der Waals surface area contributed by atoms with E-state index in [0.29, 0.717) is 0 Å². The van der Waals surface area contributed by atoms with E-state index in [-0.39, 0.29) is 0 Å². The summed E-state index contributed by atoms with van der Waals surface area (Å²) in [5.74, 6) is 0. The number of thiol groups is 1. The third-order valence-electron chi connectivity index (χ3n) is 1.38. The van der Waals surface area contributed by atoms with Gasteiger partial charge in [0.2, 0.25) is 0 Å². The minimum Gasteiger partial charge on any atom is -0.275 e. The first-order valence-electron chi connectivity index (χ1n) is 2.93. The Morgan fingerprint density at radius 3 is 2.90 bits per heavy atom.